The molecule has 2 heterocycles. The smallest absolute Gasteiger partial charge is 0.338 e. The Morgan fingerprint density at radius 1 is 1.03 bits per heavy atom. The molecule has 9 nitrogen and oxygen atoms in total. The lowest BCUT2D eigenvalue weighted by molar-refractivity contribution is -0.115. The Morgan fingerprint density at radius 2 is 1.82 bits per heavy atom. The lowest BCUT2D eigenvalue weighted by atomic mass is 9.90. The minimum Gasteiger partial charge on any atom is -0.462 e. The number of nitrogens with zero attached hydrogens (tertiary/aromatic N) is 4. The molecule has 2 N–H and O–H groups in total. The summed E-state index contributed by atoms with van der Waals surface area (Å²) >= 11 is 0. The molecule has 1 atom stereocenters. The molecule has 1 aromatic heterocycles. The number of aromatic amines is 1. The number of tetrazole rings is 1. The number of carbonyl (C=O) groups is 2. The highest BCUT2D eigenvalue weighted by molar-refractivity contribution is 6.24. The Morgan fingerprint density at radius 3 is 2.53 bits per heavy atom. The van der Waals surface area contributed by atoms with Gasteiger partial charge in [-0.15, -0.1) is 10.2 Å². The number of nitrogens with one attached hydrogen (secondary N) is 2. The van der Waals surface area contributed by atoms with Gasteiger partial charge in [-0.25, -0.2) is 4.79 Å². The number of aliphatic imine (C=N–C) groups is 1. The molecule has 0 fully saturated rings. The zero-order valence-corrected chi connectivity index (χ0v) is 18.2. The van der Waals surface area contributed by atoms with Crippen LogP contribution in [-0.2, 0) is 9.53 Å². The van der Waals surface area contributed by atoms with Gasteiger partial charge in [0.15, 0.2) is 0 Å². The highest BCUT2D eigenvalue weighted by Gasteiger charge is 2.36. The summed E-state index contributed by atoms with van der Waals surface area (Å²) in [5.41, 5.74) is 4.62. The SMILES string of the molecule is CCOC(=O)c1ccc2c(c1)NC(=O)C2C(=Nc1ccc(-c2nn[nH]n2)cc1)c1ccccc1. The second-order valence-electron chi connectivity index (χ2n) is 7.59. The molecule has 0 saturated heterocycles. The zero-order chi connectivity index (χ0) is 23.5. The molecular weight excluding hydrogens is 432 g/mol. The second-order valence-corrected chi connectivity index (χ2v) is 7.59. The van der Waals surface area contributed by atoms with Crippen molar-refractivity contribution >= 4 is 29.0 Å². The normalized spacial score (nSPS) is 15.0. The van der Waals surface area contributed by atoms with E-state index in [1.165, 1.54) is 0 Å². The molecular formula is C25H20N6O3. The fourth-order valence-electron chi connectivity index (χ4n) is 3.89. The van der Waals surface area contributed by atoms with Crippen molar-refractivity contribution in [2.75, 3.05) is 11.9 Å². The van der Waals surface area contributed by atoms with Crippen molar-refractivity contribution in [3.63, 3.8) is 0 Å². The van der Waals surface area contributed by atoms with Crippen molar-refractivity contribution in [2.24, 2.45) is 4.99 Å². The number of esters is 1. The summed E-state index contributed by atoms with van der Waals surface area (Å²) in [5.74, 6) is -0.783. The first kappa shape index (κ1) is 21.2. The summed E-state index contributed by atoms with van der Waals surface area (Å²) in [6.45, 7) is 2.03. The van der Waals surface area contributed by atoms with Crippen molar-refractivity contribution in [3.8, 4) is 11.4 Å². The molecule has 1 amide bonds. The van der Waals surface area contributed by atoms with Gasteiger partial charge in [0.05, 0.1) is 23.6 Å². The molecule has 1 aliphatic rings. The van der Waals surface area contributed by atoms with Gasteiger partial charge in [0.1, 0.15) is 5.92 Å². The fraction of sp³-hybridized carbons (Fsp3) is 0.120. The lowest BCUT2D eigenvalue weighted by Crippen LogP contribution is -2.21. The summed E-state index contributed by atoms with van der Waals surface area (Å²) in [7, 11) is 0. The average molecular weight is 452 g/mol. The van der Waals surface area contributed by atoms with Gasteiger partial charge < -0.3 is 10.1 Å². The second kappa shape index (κ2) is 9.07. The van der Waals surface area contributed by atoms with E-state index in [4.69, 9.17) is 9.73 Å². The van der Waals surface area contributed by atoms with Crippen LogP contribution in [0.2, 0.25) is 0 Å². The number of ether oxygens (including phenoxy) is 1. The fourth-order valence-corrected chi connectivity index (χ4v) is 3.89. The van der Waals surface area contributed by atoms with Crippen LogP contribution in [0, 0.1) is 0 Å². The van der Waals surface area contributed by atoms with E-state index in [1.807, 2.05) is 54.6 Å². The number of amides is 1. The molecule has 1 unspecified atom stereocenters. The van der Waals surface area contributed by atoms with Crippen LogP contribution in [0.5, 0.6) is 0 Å². The molecule has 34 heavy (non-hydrogen) atoms. The van der Waals surface area contributed by atoms with Crippen molar-refractivity contribution in [3.05, 3.63) is 89.5 Å². The van der Waals surface area contributed by atoms with Gasteiger partial charge in [-0.3, -0.25) is 9.79 Å². The van der Waals surface area contributed by atoms with Gasteiger partial charge >= 0.3 is 5.97 Å². The first-order valence-electron chi connectivity index (χ1n) is 10.7. The van der Waals surface area contributed by atoms with Crippen LogP contribution in [0.4, 0.5) is 11.4 Å². The predicted molar refractivity (Wildman–Crippen MR) is 126 cm³/mol. The predicted octanol–water partition coefficient (Wildman–Crippen LogP) is 3.90. The third kappa shape index (κ3) is 4.06. The van der Waals surface area contributed by atoms with E-state index >= 15 is 0 Å². The Labute approximate surface area is 194 Å². The van der Waals surface area contributed by atoms with Crippen LogP contribution in [0.25, 0.3) is 11.4 Å². The highest BCUT2D eigenvalue weighted by Crippen LogP contribution is 2.37. The number of anilines is 1. The number of carbonyl (C=O) groups excluding carboxylic acids is 2. The van der Waals surface area contributed by atoms with Gasteiger partial charge in [0, 0.05) is 11.3 Å². The molecule has 1 aliphatic heterocycles. The first-order chi connectivity index (χ1) is 16.6. The quantitative estimate of drug-likeness (QED) is 0.338. The van der Waals surface area contributed by atoms with E-state index in [0.29, 0.717) is 28.5 Å². The number of rotatable bonds is 6. The van der Waals surface area contributed by atoms with Crippen molar-refractivity contribution < 1.29 is 14.3 Å². The zero-order valence-electron chi connectivity index (χ0n) is 18.2. The number of benzene rings is 3. The van der Waals surface area contributed by atoms with Gasteiger partial charge in [0.25, 0.3) is 0 Å². The molecule has 4 aromatic rings. The lowest BCUT2D eigenvalue weighted by Gasteiger charge is -2.14. The average Bonchev–Trinajstić information content (AvgIpc) is 3.51. The monoisotopic (exact) mass is 452 g/mol. The maximum atomic E-state index is 13.1. The van der Waals surface area contributed by atoms with E-state index < -0.39 is 11.9 Å². The van der Waals surface area contributed by atoms with E-state index in [0.717, 1.165) is 16.7 Å². The molecule has 0 radical (unpaired) electrons. The summed E-state index contributed by atoms with van der Waals surface area (Å²) in [4.78, 5) is 30.1. The van der Waals surface area contributed by atoms with Crippen LogP contribution in [-0.4, -0.2) is 44.8 Å². The number of fused-ring (bicyclic) bond motifs is 1. The Balaban J connectivity index is 1.55. The third-order valence-electron chi connectivity index (χ3n) is 5.46. The Hall–Kier alpha value is -4.66. The van der Waals surface area contributed by atoms with Crippen LogP contribution in [0.3, 0.4) is 0 Å². The van der Waals surface area contributed by atoms with E-state index in [1.54, 1.807) is 25.1 Å². The number of H-pyrrole nitrogens is 1. The van der Waals surface area contributed by atoms with Gasteiger partial charge in [-0.1, -0.05) is 36.4 Å². The van der Waals surface area contributed by atoms with E-state index in [-0.39, 0.29) is 12.5 Å². The Kier molecular flexibility index (Phi) is 5.65. The van der Waals surface area contributed by atoms with Crippen LogP contribution < -0.4 is 5.32 Å². The first-order valence-corrected chi connectivity index (χ1v) is 10.7. The molecule has 0 aliphatic carbocycles. The molecule has 0 bridgehead atoms. The molecule has 0 spiro atoms. The standard InChI is InChI=1S/C25H20N6O3/c1-2-34-25(33)17-10-13-19-20(14-17)27-24(32)21(19)22(15-6-4-3-5-7-15)26-18-11-8-16(9-12-18)23-28-30-31-29-23/h3-14,21H,2H2,1H3,(H,27,32)(H,28,29,30,31). The third-order valence-corrected chi connectivity index (χ3v) is 5.46. The van der Waals surface area contributed by atoms with E-state index in [2.05, 4.69) is 25.9 Å². The molecule has 3 aromatic carbocycles. The van der Waals surface area contributed by atoms with Crippen molar-refractivity contribution in [1.82, 2.24) is 20.6 Å². The summed E-state index contributed by atoms with van der Waals surface area (Å²) in [6, 6.07) is 22.0. The number of hydrogen-bond donors (Lipinski definition) is 2. The molecule has 168 valence electrons. The summed E-state index contributed by atoms with van der Waals surface area (Å²) < 4.78 is 5.08. The van der Waals surface area contributed by atoms with Crippen molar-refractivity contribution in [1.29, 1.82) is 0 Å². The van der Waals surface area contributed by atoms with Crippen LogP contribution in [0.1, 0.15) is 34.3 Å². The molecule has 5 rings (SSSR count). The topological polar surface area (TPSA) is 122 Å². The minimum absolute atomic E-state index is 0.206. The summed E-state index contributed by atoms with van der Waals surface area (Å²) in [5, 5.41) is 16.9. The van der Waals surface area contributed by atoms with Gasteiger partial charge in [0.2, 0.25) is 11.7 Å². The summed E-state index contributed by atoms with van der Waals surface area (Å²) in [6.07, 6.45) is 0. The number of hydrogen-bond acceptors (Lipinski definition) is 7. The minimum atomic E-state index is -0.634. The molecule has 9 heteroatoms. The maximum absolute atomic E-state index is 13.1. The molecule has 0 saturated carbocycles. The van der Waals surface area contributed by atoms with Crippen molar-refractivity contribution in [2.45, 2.75) is 12.8 Å². The largest absolute Gasteiger partial charge is 0.462 e. The highest BCUT2D eigenvalue weighted by atomic mass is 16.5. The van der Waals surface area contributed by atoms with E-state index in [9.17, 15) is 9.59 Å². The van der Waals surface area contributed by atoms with Gasteiger partial charge in [-0.2, -0.15) is 5.21 Å². The maximum Gasteiger partial charge on any atom is 0.338 e. The van der Waals surface area contributed by atoms with Crippen LogP contribution in [0.15, 0.2) is 77.8 Å². The van der Waals surface area contributed by atoms with Gasteiger partial charge in [-0.05, 0) is 59.7 Å². The number of aromatic nitrogens is 4. The Bertz CT molecular complexity index is 1370. The van der Waals surface area contributed by atoms with Crippen LogP contribution >= 0.6 is 0 Å².